The fourth-order valence-electron chi connectivity index (χ4n) is 3.53. The molecule has 1 aliphatic carbocycles. The van der Waals surface area contributed by atoms with Gasteiger partial charge in [0.15, 0.2) is 23.8 Å². The highest BCUT2D eigenvalue weighted by molar-refractivity contribution is 5.82. The van der Waals surface area contributed by atoms with Gasteiger partial charge in [0.25, 0.3) is 0 Å². The number of anilines is 1. The molecule has 2 fully saturated rings. The highest BCUT2D eigenvalue weighted by atomic mass is 16.6. The van der Waals surface area contributed by atoms with Crippen molar-refractivity contribution in [3.05, 3.63) is 12.2 Å². The number of nitrogens with two attached hydrogens (primary N) is 1. The molecule has 0 aromatic carbocycles. The molecule has 1 saturated heterocycles. The van der Waals surface area contributed by atoms with Gasteiger partial charge in [0, 0.05) is 0 Å². The van der Waals surface area contributed by atoms with Crippen molar-refractivity contribution in [2.24, 2.45) is 0 Å². The zero-order chi connectivity index (χ0) is 20.1. The number of nitrogens with zero attached hydrogens (tertiary/aromatic N) is 4. The van der Waals surface area contributed by atoms with Gasteiger partial charge in [0.1, 0.15) is 23.3 Å². The summed E-state index contributed by atoms with van der Waals surface area (Å²) in [4.78, 5) is 23.6. The highest BCUT2D eigenvalue weighted by Gasteiger charge is 2.48. The van der Waals surface area contributed by atoms with Crippen LogP contribution in [0.3, 0.4) is 0 Å². The van der Waals surface area contributed by atoms with Crippen LogP contribution in [0.2, 0.25) is 0 Å². The summed E-state index contributed by atoms with van der Waals surface area (Å²) < 4.78 is 6.56. The van der Waals surface area contributed by atoms with Crippen LogP contribution in [0.4, 0.5) is 5.82 Å². The van der Waals surface area contributed by atoms with Gasteiger partial charge in [-0.05, 0) is 31.6 Å². The number of nitrogen functional groups attached to an aromatic ring is 1. The third-order valence-electron chi connectivity index (χ3n) is 5.04. The topological polar surface area (TPSA) is 177 Å². The molecule has 0 radical (unpaired) electrons. The fraction of sp³-hybridized carbons (Fsp3) is 0.529. The molecular formula is C17H19N5O6. The number of aliphatic carboxylic acids is 1. The van der Waals surface area contributed by atoms with Crippen LogP contribution in [0.1, 0.15) is 37.7 Å². The van der Waals surface area contributed by atoms with Gasteiger partial charge < -0.3 is 30.9 Å². The highest BCUT2D eigenvalue weighted by Crippen LogP contribution is 2.32. The molecule has 11 heteroatoms. The molecule has 4 rings (SSSR count). The molecular weight excluding hydrogens is 370 g/mol. The lowest BCUT2D eigenvalue weighted by molar-refractivity contribution is -0.155. The number of imidazole rings is 1. The van der Waals surface area contributed by atoms with E-state index in [-0.39, 0.29) is 22.8 Å². The van der Waals surface area contributed by atoms with Crippen LogP contribution in [-0.2, 0) is 9.53 Å². The summed E-state index contributed by atoms with van der Waals surface area (Å²) in [6.45, 7) is 0. The molecule has 0 bridgehead atoms. The van der Waals surface area contributed by atoms with Crippen molar-refractivity contribution in [1.29, 1.82) is 0 Å². The van der Waals surface area contributed by atoms with E-state index in [2.05, 4.69) is 26.8 Å². The SMILES string of the molecule is Nc1nc(C#CC2(O)CCCC2)nc2c1ncn2C1OC(C(=O)O)C(O)C1O. The van der Waals surface area contributed by atoms with Gasteiger partial charge in [-0.1, -0.05) is 5.92 Å². The molecule has 4 unspecified atom stereocenters. The predicted octanol–water partition coefficient (Wildman–Crippen LogP) is -1.23. The Hall–Kier alpha value is -2.78. The van der Waals surface area contributed by atoms with Crippen molar-refractivity contribution < 1.29 is 30.0 Å². The lowest BCUT2D eigenvalue weighted by atomic mass is 10.0. The number of carbonyl (C=O) groups is 1. The molecule has 28 heavy (non-hydrogen) atoms. The second-order valence-corrected chi connectivity index (χ2v) is 7.01. The first-order valence-corrected chi connectivity index (χ1v) is 8.79. The fourth-order valence-corrected chi connectivity index (χ4v) is 3.53. The van der Waals surface area contributed by atoms with E-state index in [1.807, 2.05) is 0 Å². The monoisotopic (exact) mass is 389 g/mol. The summed E-state index contributed by atoms with van der Waals surface area (Å²) in [7, 11) is 0. The zero-order valence-corrected chi connectivity index (χ0v) is 14.7. The summed E-state index contributed by atoms with van der Waals surface area (Å²) in [5, 5.41) is 39.6. The maximum atomic E-state index is 11.2. The quantitative estimate of drug-likeness (QED) is 0.391. The van der Waals surface area contributed by atoms with E-state index in [9.17, 15) is 20.1 Å². The van der Waals surface area contributed by atoms with E-state index in [0.29, 0.717) is 12.8 Å². The van der Waals surface area contributed by atoms with E-state index < -0.39 is 36.1 Å². The van der Waals surface area contributed by atoms with Gasteiger partial charge in [-0.15, -0.1) is 0 Å². The van der Waals surface area contributed by atoms with Crippen LogP contribution in [0.5, 0.6) is 0 Å². The van der Waals surface area contributed by atoms with Gasteiger partial charge in [-0.2, -0.15) is 0 Å². The Morgan fingerprint density at radius 3 is 2.64 bits per heavy atom. The molecule has 0 spiro atoms. The zero-order valence-electron chi connectivity index (χ0n) is 14.7. The lowest BCUT2D eigenvalue weighted by Gasteiger charge is -2.16. The molecule has 2 aromatic rings. The van der Waals surface area contributed by atoms with Crippen LogP contribution in [0.25, 0.3) is 11.2 Å². The van der Waals surface area contributed by atoms with E-state index in [0.717, 1.165) is 12.8 Å². The molecule has 148 valence electrons. The largest absolute Gasteiger partial charge is 0.479 e. The number of carboxylic acids is 1. The number of fused-ring (bicyclic) bond motifs is 1. The van der Waals surface area contributed by atoms with Gasteiger partial charge in [-0.3, -0.25) is 4.57 Å². The Balaban J connectivity index is 1.72. The van der Waals surface area contributed by atoms with Crippen LogP contribution in [0, 0.1) is 11.8 Å². The average Bonchev–Trinajstić information content (AvgIpc) is 3.33. The number of hydrogen-bond donors (Lipinski definition) is 5. The minimum atomic E-state index is -1.62. The maximum Gasteiger partial charge on any atom is 0.335 e. The van der Waals surface area contributed by atoms with Gasteiger partial charge in [-0.25, -0.2) is 19.7 Å². The van der Waals surface area contributed by atoms with E-state index in [1.54, 1.807) is 0 Å². The normalized spacial score (nSPS) is 29.0. The Labute approximate surface area is 158 Å². The van der Waals surface area contributed by atoms with Gasteiger partial charge >= 0.3 is 5.97 Å². The van der Waals surface area contributed by atoms with Crippen LogP contribution < -0.4 is 5.73 Å². The lowest BCUT2D eigenvalue weighted by Crippen LogP contribution is -2.35. The van der Waals surface area contributed by atoms with Crippen molar-refractivity contribution in [3.8, 4) is 11.8 Å². The van der Waals surface area contributed by atoms with Crippen LogP contribution in [-0.4, -0.2) is 69.8 Å². The first-order chi connectivity index (χ1) is 13.3. The summed E-state index contributed by atoms with van der Waals surface area (Å²) >= 11 is 0. The summed E-state index contributed by atoms with van der Waals surface area (Å²) in [5.74, 6) is 4.19. The number of ether oxygens (including phenoxy) is 1. The molecule has 2 aliphatic rings. The third-order valence-corrected chi connectivity index (χ3v) is 5.04. The van der Waals surface area contributed by atoms with E-state index in [1.165, 1.54) is 10.9 Å². The molecule has 1 aliphatic heterocycles. The van der Waals surface area contributed by atoms with Crippen molar-refractivity contribution in [2.75, 3.05) is 5.73 Å². The first-order valence-electron chi connectivity index (χ1n) is 8.79. The Morgan fingerprint density at radius 2 is 2.00 bits per heavy atom. The number of hydrogen-bond acceptors (Lipinski definition) is 9. The number of carboxylic acid groups (broad SMARTS) is 1. The van der Waals surface area contributed by atoms with Crippen LogP contribution >= 0.6 is 0 Å². The van der Waals surface area contributed by atoms with Crippen molar-refractivity contribution in [3.63, 3.8) is 0 Å². The minimum absolute atomic E-state index is 0.0364. The van der Waals surface area contributed by atoms with Gasteiger partial charge in [0.05, 0.1) is 6.33 Å². The summed E-state index contributed by atoms with van der Waals surface area (Å²) in [6, 6.07) is 0. The third kappa shape index (κ3) is 3.06. The Morgan fingerprint density at radius 1 is 1.29 bits per heavy atom. The van der Waals surface area contributed by atoms with Crippen molar-refractivity contribution >= 4 is 23.0 Å². The van der Waals surface area contributed by atoms with Crippen LogP contribution in [0.15, 0.2) is 6.33 Å². The smallest absolute Gasteiger partial charge is 0.335 e. The number of rotatable bonds is 2. The summed E-state index contributed by atoms with van der Waals surface area (Å²) in [5.41, 5.74) is 5.23. The maximum absolute atomic E-state index is 11.2. The number of aromatic nitrogens is 4. The standard InChI is InChI=1S/C17H19N5O6/c18-13-9-14(21-8(20-13)3-6-17(27)4-1-2-5-17)22(7-19-9)15-11(24)10(23)12(28-15)16(25)26/h7,10-12,15,23-24,27H,1-2,4-5H2,(H,25,26)(H2,18,20,21). The number of aliphatic hydroxyl groups is 3. The Bertz CT molecular complexity index is 989. The number of aliphatic hydroxyl groups excluding tert-OH is 2. The second kappa shape index (κ2) is 6.68. The Kier molecular flexibility index (Phi) is 4.43. The summed E-state index contributed by atoms with van der Waals surface area (Å²) in [6.07, 6.45) is -1.74. The van der Waals surface area contributed by atoms with Gasteiger partial charge in [0.2, 0.25) is 5.82 Å². The molecule has 1 saturated carbocycles. The van der Waals surface area contributed by atoms with Crippen molar-refractivity contribution in [2.45, 2.75) is 55.8 Å². The van der Waals surface area contributed by atoms with E-state index in [4.69, 9.17) is 15.6 Å². The van der Waals surface area contributed by atoms with Crippen molar-refractivity contribution in [1.82, 2.24) is 19.5 Å². The minimum Gasteiger partial charge on any atom is -0.479 e. The molecule has 6 N–H and O–H groups in total. The molecule has 3 heterocycles. The predicted molar refractivity (Wildman–Crippen MR) is 93.6 cm³/mol. The molecule has 11 nitrogen and oxygen atoms in total. The first kappa shape index (κ1) is 18.6. The molecule has 0 amide bonds. The van der Waals surface area contributed by atoms with E-state index >= 15 is 0 Å². The second-order valence-electron chi connectivity index (χ2n) is 7.01. The molecule has 2 aromatic heterocycles. The average molecular weight is 389 g/mol. The molecule has 4 atom stereocenters.